The highest BCUT2D eigenvalue weighted by molar-refractivity contribution is 5.77. The van der Waals surface area contributed by atoms with Crippen molar-refractivity contribution in [3.63, 3.8) is 0 Å². The van der Waals surface area contributed by atoms with Crippen LogP contribution in [0, 0.1) is 5.92 Å². The number of nitrogens with two attached hydrogens (primary N) is 1. The lowest BCUT2D eigenvalue weighted by molar-refractivity contribution is -0.122. The zero-order valence-electron chi connectivity index (χ0n) is 13.3. The number of rotatable bonds is 7. The minimum Gasteiger partial charge on any atom is -0.434 e. The molecular formula is C17H24F2N2O2. The number of halogens is 2. The molecule has 0 bridgehead atoms. The summed E-state index contributed by atoms with van der Waals surface area (Å²) in [7, 11) is 0. The second-order valence-corrected chi connectivity index (χ2v) is 6.00. The Kier molecular flexibility index (Phi) is 6.33. The molecule has 1 unspecified atom stereocenters. The predicted octanol–water partition coefficient (Wildman–Crippen LogP) is 3.37. The van der Waals surface area contributed by atoms with Crippen molar-refractivity contribution in [3.8, 4) is 5.75 Å². The molecule has 0 aromatic heterocycles. The average Bonchev–Trinajstić information content (AvgIpc) is 2.90. The van der Waals surface area contributed by atoms with E-state index < -0.39 is 6.61 Å². The lowest BCUT2D eigenvalue weighted by atomic mass is 9.98. The SMILES string of the molecule is CCC(NC(=O)C[C@@H]1CCC[C@H]1N)c1ccccc1OC(F)F. The first kappa shape index (κ1) is 17.7. The predicted molar refractivity (Wildman–Crippen MR) is 84.2 cm³/mol. The van der Waals surface area contributed by atoms with Crippen molar-refractivity contribution >= 4 is 5.91 Å². The molecule has 6 heteroatoms. The molecule has 1 aromatic rings. The van der Waals surface area contributed by atoms with Crippen molar-refractivity contribution in [2.75, 3.05) is 0 Å². The molecule has 128 valence electrons. The van der Waals surface area contributed by atoms with Crippen LogP contribution in [-0.4, -0.2) is 18.6 Å². The van der Waals surface area contributed by atoms with E-state index in [0.717, 1.165) is 19.3 Å². The van der Waals surface area contributed by atoms with Crippen LogP contribution in [0.2, 0.25) is 0 Å². The van der Waals surface area contributed by atoms with Gasteiger partial charge in [-0.3, -0.25) is 4.79 Å². The van der Waals surface area contributed by atoms with Crippen LogP contribution in [0.4, 0.5) is 8.78 Å². The summed E-state index contributed by atoms with van der Waals surface area (Å²) in [6.07, 6.45) is 3.96. The Morgan fingerprint density at radius 2 is 2.13 bits per heavy atom. The third-order valence-corrected chi connectivity index (χ3v) is 4.42. The third kappa shape index (κ3) is 4.89. The first-order valence-electron chi connectivity index (χ1n) is 8.10. The maximum absolute atomic E-state index is 12.5. The summed E-state index contributed by atoms with van der Waals surface area (Å²) >= 11 is 0. The van der Waals surface area contributed by atoms with Gasteiger partial charge in [0.15, 0.2) is 0 Å². The molecule has 1 aliphatic carbocycles. The van der Waals surface area contributed by atoms with Crippen LogP contribution < -0.4 is 15.8 Å². The summed E-state index contributed by atoms with van der Waals surface area (Å²) < 4.78 is 29.6. The van der Waals surface area contributed by atoms with Gasteiger partial charge in [-0.2, -0.15) is 8.78 Å². The van der Waals surface area contributed by atoms with E-state index in [1.807, 2.05) is 6.92 Å². The van der Waals surface area contributed by atoms with Crippen LogP contribution >= 0.6 is 0 Å². The van der Waals surface area contributed by atoms with E-state index in [-0.39, 0.29) is 29.7 Å². The van der Waals surface area contributed by atoms with Gasteiger partial charge in [-0.05, 0) is 31.2 Å². The number of carbonyl (C=O) groups excluding carboxylic acids is 1. The van der Waals surface area contributed by atoms with Gasteiger partial charge in [0.2, 0.25) is 5.91 Å². The normalized spacial score (nSPS) is 22.1. The maximum atomic E-state index is 12.5. The molecule has 0 aliphatic heterocycles. The number of amides is 1. The molecule has 1 aromatic carbocycles. The lowest BCUT2D eigenvalue weighted by Crippen LogP contribution is -2.33. The van der Waals surface area contributed by atoms with Crippen molar-refractivity contribution in [2.24, 2.45) is 11.7 Å². The second-order valence-electron chi connectivity index (χ2n) is 6.00. The summed E-state index contributed by atoms with van der Waals surface area (Å²) in [4.78, 5) is 12.3. The Labute approximate surface area is 135 Å². The zero-order valence-corrected chi connectivity index (χ0v) is 13.3. The minimum atomic E-state index is -2.89. The molecule has 1 saturated carbocycles. The molecule has 0 spiro atoms. The van der Waals surface area contributed by atoms with Crippen LogP contribution in [-0.2, 0) is 4.79 Å². The number of carbonyl (C=O) groups is 1. The highest BCUT2D eigenvalue weighted by Crippen LogP contribution is 2.30. The lowest BCUT2D eigenvalue weighted by Gasteiger charge is -2.22. The van der Waals surface area contributed by atoms with Crippen molar-refractivity contribution < 1.29 is 18.3 Å². The fourth-order valence-electron chi connectivity index (χ4n) is 3.18. The standard InChI is InChI=1S/C17H24F2N2O2/c1-2-14(12-7-3-4-9-15(12)23-17(18)19)21-16(22)10-11-6-5-8-13(11)20/h3-4,7,9,11,13-14,17H,2,5-6,8,10,20H2,1H3,(H,21,22)/t11-,13+,14?/m0/s1. The molecule has 23 heavy (non-hydrogen) atoms. The van der Waals surface area contributed by atoms with Crippen LogP contribution in [0.1, 0.15) is 50.6 Å². The molecule has 2 rings (SSSR count). The number of alkyl halides is 2. The van der Waals surface area contributed by atoms with E-state index in [1.165, 1.54) is 6.07 Å². The summed E-state index contributed by atoms with van der Waals surface area (Å²) in [5.41, 5.74) is 6.57. The van der Waals surface area contributed by atoms with Crippen molar-refractivity contribution in [1.82, 2.24) is 5.32 Å². The highest BCUT2D eigenvalue weighted by Gasteiger charge is 2.27. The Morgan fingerprint density at radius 1 is 1.39 bits per heavy atom. The molecule has 3 N–H and O–H groups in total. The van der Waals surface area contributed by atoms with Gasteiger partial charge in [0, 0.05) is 18.0 Å². The summed E-state index contributed by atoms with van der Waals surface area (Å²) in [6, 6.07) is 6.30. The first-order chi connectivity index (χ1) is 11.0. The van der Waals surface area contributed by atoms with Crippen LogP contribution in [0.25, 0.3) is 0 Å². The monoisotopic (exact) mass is 326 g/mol. The minimum absolute atomic E-state index is 0.0790. The zero-order chi connectivity index (χ0) is 16.8. The Balaban J connectivity index is 2.03. The molecule has 0 radical (unpaired) electrons. The Bertz CT molecular complexity index is 525. The highest BCUT2D eigenvalue weighted by atomic mass is 19.3. The molecule has 1 aliphatic rings. The topological polar surface area (TPSA) is 64.4 Å². The first-order valence-corrected chi connectivity index (χ1v) is 8.10. The number of hydrogen-bond acceptors (Lipinski definition) is 3. The smallest absolute Gasteiger partial charge is 0.387 e. The average molecular weight is 326 g/mol. The van der Waals surface area contributed by atoms with Crippen molar-refractivity contribution in [2.45, 2.75) is 57.7 Å². The van der Waals surface area contributed by atoms with E-state index in [9.17, 15) is 13.6 Å². The van der Waals surface area contributed by atoms with E-state index in [4.69, 9.17) is 5.73 Å². The van der Waals surface area contributed by atoms with Gasteiger partial charge >= 0.3 is 6.61 Å². The van der Waals surface area contributed by atoms with Crippen molar-refractivity contribution in [3.05, 3.63) is 29.8 Å². The quantitative estimate of drug-likeness (QED) is 0.807. The number of benzene rings is 1. The van der Waals surface area contributed by atoms with Gasteiger partial charge in [0.1, 0.15) is 5.75 Å². The fraction of sp³-hybridized carbons (Fsp3) is 0.588. The van der Waals surface area contributed by atoms with E-state index in [1.54, 1.807) is 18.2 Å². The summed E-state index contributed by atoms with van der Waals surface area (Å²) in [6.45, 7) is -0.994. The Hall–Kier alpha value is -1.69. The van der Waals surface area contributed by atoms with Gasteiger partial charge in [-0.15, -0.1) is 0 Å². The molecule has 4 nitrogen and oxygen atoms in total. The molecule has 1 fully saturated rings. The van der Waals surface area contributed by atoms with Gasteiger partial charge < -0.3 is 15.8 Å². The third-order valence-electron chi connectivity index (χ3n) is 4.42. The largest absolute Gasteiger partial charge is 0.434 e. The molecule has 3 atom stereocenters. The molecular weight excluding hydrogens is 302 g/mol. The number of hydrogen-bond donors (Lipinski definition) is 2. The summed E-state index contributed by atoms with van der Waals surface area (Å²) in [5.74, 6) is 0.221. The number of para-hydroxylation sites is 1. The number of nitrogens with one attached hydrogen (secondary N) is 1. The number of ether oxygens (including phenoxy) is 1. The summed E-state index contributed by atoms with van der Waals surface area (Å²) in [5, 5.41) is 2.92. The van der Waals surface area contributed by atoms with Crippen LogP contribution in [0.15, 0.2) is 24.3 Å². The van der Waals surface area contributed by atoms with Gasteiger partial charge in [0.05, 0.1) is 6.04 Å². The molecule has 1 amide bonds. The van der Waals surface area contributed by atoms with E-state index in [0.29, 0.717) is 18.4 Å². The maximum Gasteiger partial charge on any atom is 0.387 e. The Morgan fingerprint density at radius 3 is 2.74 bits per heavy atom. The molecule has 0 heterocycles. The molecule has 0 saturated heterocycles. The van der Waals surface area contributed by atoms with Crippen LogP contribution in [0.5, 0.6) is 5.75 Å². The van der Waals surface area contributed by atoms with Gasteiger partial charge in [0.25, 0.3) is 0 Å². The fourth-order valence-corrected chi connectivity index (χ4v) is 3.18. The van der Waals surface area contributed by atoms with Crippen LogP contribution in [0.3, 0.4) is 0 Å². The van der Waals surface area contributed by atoms with E-state index in [2.05, 4.69) is 10.1 Å². The van der Waals surface area contributed by atoms with Gasteiger partial charge in [-0.25, -0.2) is 0 Å². The van der Waals surface area contributed by atoms with Gasteiger partial charge in [-0.1, -0.05) is 31.5 Å². The van der Waals surface area contributed by atoms with Crippen molar-refractivity contribution in [1.29, 1.82) is 0 Å². The second kappa shape index (κ2) is 8.24. The van der Waals surface area contributed by atoms with E-state index >= 15 is 0 Å².